The lowest BCUT2D eigenvalue weighted by Gasteiger charge is -2.29. The highest BCUT2D eigenvalue weighted by atomic mass is 32.2. The fourth-order valence-electron chi connectivity index (χ4n) is 2.77. The number of aryl methyl sites for hydroxylation is 1. The molecule has 1 aromatic rings. The molecule has 1 N–H and O–H groups in total. The number of hydrogen-bond acceptors (Lipinski definition) is 4. The minimum Gasteiger partial charge on any atom is -0.370 e. The molecule has 2 amide bonds. The third-order valence-electron chi connectivity index (χ3n) is 4.13. The average molecular weight is 338 g/mol. The number of thioether (sulfide) groups is 2. The summed E-state index contributed by atoms with van der Waals surface area (Å²) >= 11 is 3.93. The van der Waals surface area contributed by atoms with Crippen molar-refractivity contribution in [1.29, 1.82) is 0 Å². The van der Waals surface area contributed by atoms with Crippen molar-refractivity contribution in [2.75, 3.05) is 59.4 Å². The lowest BCUT2D eigenvalue weighted by molar-refractivity contribution is 0.217. The Balaban J connectivity index is 1.65. The molecule has 0 bridgehead atoms. The molecule has 0 atom stereocenters. The van der Waals surface area contributed by atoms with Crippen molar-refractivity contribution in [2.45, 2.75) is 6.92 Å². The van der Waals surface area contributed by atoms with E-state index in [4.69, 9.17) is 0 Å². The normalized spacial score (nSPS) is 19.1. The maximum atomic E-state index is 12.3. The standard InChI is InChI=1S/C16H23N3OS2/c1-13-12-14(18-4-8-21-9-5-18)2-3-15(13)17-16(20)19-6-10-22-11-7-19/h2-3,12H,4-11H2,1H3,(H,17,20). The molecule has 4 nitrogen and oxygen atoms in total. The van der Waals surface area contributed by atoms with Crippen LogP contribution in [0.5, 0.6) is 0 Å². The Kier molecular flexibility index (Phi) is 5.41. The molecule has 0 unspecified atom stereocenters. The summed E-state index contributed by atoms with van der Waals surface area (Å²) in [6.07, 6.45) is 0. The van der Waals surface area contributed by atoms with Crippen molar-refractivity contribution in [2.24, 2.45) is 0 Å². The highest BCUT2D eigenvalue weighted by molar-refractivity contribution is 7.99. The maximum Gasteiger partial charge on any atom is 0.321 e. The molecule has 22 heavy (non-hydrogen) atoms. The molecule has 1 aromatic carbocycles. The van der Waals surface area contributed by atoms with Crippen molar-refractivity contribution in [3.8, 4) is 0 Å². The van der Waals surface area contributed by atoms with Gasteiger partial charge in [0.15, 0.2) is 0 Å². The van der Waals surface area contributed by atoms with E-state index in [0.29, 0.717) is 0 Å². The molecule has 120 valence electrons. The summed E-state index contributed by atoms with van der Waals surface area (Å²) in [5.74, 6) is 4.48. The highest BCUT2D eigenvalue weighted by Crippen LogP contribution is 2.25. The van der Waals surface area contributed by atoms with E-state index in [1.807, 2.05) is 34.5 Å². The highest BCUT2D eigenvalue weighted by Gasteiger charge is 2.18. The number of nitrogens with one attached hydrogen (secondary N) is 1. The van der Waals surface area contributed by atoms with Crippen LogP contribution in [-0.4, -0.2) is 60.1 Å². The Morgan fingerprint density at radius 2 is 1.68 bits per heavy atom. The summed E-state index contributed by atoms with van der Waals surface area (Å²) in [6.45, 7) is 5.99. The van der Waals surface area contributed by atoms with Gasteiger partial charge in [-0.15, -0.1) is 0 Å². The second kappa shape index (κ2) is 7.51. The third-order valence-corrected chi connectivity index (χ3v) is 6.01. The first-order valence-corrected chi connectivity index (χ1v) is 10.1. The summed E-state index contributed by atoms with van der Waals surface area (Å²) in [5, 5.41) is 3.07. The Morgan fingerprint density at radius 1 is 1.05 bits per heavy atom. The Hall–Kier alpha value is -1.01. The van der Waals surface area contributed by atoms with E-state index in [2.05, 4.69) is 29.3 Å². The van der Waals surface area contributed by atoms with Crippen molar-refractivity contribution in [3.63, 3.8) is 0 Å². The van der Waals surface area contributed by atoms with Gasteiger partial charge in [-0.1, -0.05) is 0 Å². The molecule has 2 fully saturated rings. The van der Waals surface area contributed by atoms with Crippen LogP contribution in [0, 0.1) is 6.92 Å². The molecule has 0 aliphatic carbocycles. The zero-order valence-electron chi connectivity index (χ0n) is 13.0. The molecule has 2 heterocycles. The van der Waals surface area contributed by atoms with Gasteiger partial charge < -0.3 is 15.1 Å². The van der Waals surface area contributed by atoms with Crippen LogP contribution in [0.1, 0.15) is 5.56 Å². The van der Waals surface area contributed by atoms with Crippen LogP contribution in [0.3, 0.4) is 0 Å². The van der Waals surface area contributed by atoms with Crippen LogP contribution >= 0.6 is 23.5 Å². The first-order chi connectivity index (χ1) is 10.7. The number of carbonyl (C=O) groups is 1. The molecular formula is C16H23N3OS2. The van der Waals surface area contributed by atoms with Crippen molar-refractivity contribution in [3.05, 3.63) is 23.8 Å². The molecule has 2 aliphatic rings. The minimum atomic E-state index is 0.0329. The summed E-state index contributed by atoms with van der Waals surface area (Å²) in [6, 6.07) is 6.40. The second-order valence-electron chi connectivity index (χ2n) is 5.63. The van der Waals surface area contributed by atoms with Gasteiger partial charge in [0.05, 0.1) is 0 Å². The number of rotatable bonds is 2. The number of nitrogens with zero attached hydrogens (tertiary/aromatic N) is 2. The van der Waals surface area contributed by atoms with Gasteiger partial charge in [0.1, 0.15) is 0 Å². The lowest BCUT2D eigenvalue weighted by atomic mass is 10.1. The van der Waals surface area contributed by atoms with Crippen LogP contribution in [0.2, 0.25) is 0 Å². The first kappa shape index (κ1) is 15.9. The van der Waals surface area contributed by atoms with E-state index in [9.17, 15) is 4.79 Å². The number of hydrogen-bond donors (Lipinski definition) is 1. The largest absolute Gasteiger partial charge is 0.370 e. The molecule has 0 aromatic heterocycles. The smallest absolute Gasteiger partial charge is 0.321 e. The minimum absolute atomic E-state index is 0.0329. The first-order valence-electron chi connectivity index (χ1n) is 7.81. The molecule has 3 rings (SSSR count). The quantitative estimate of drug-likeness (QED) is 0.899. The second-order valence-corrected chi connectivity index (χ2v) is 8.08. The number of carbonyl (C=O) groups excluding carboxylic acids is 1. The maximum absolute atomic E-state index is 12.3. The molecule has 6 heteroatoms. The third kappa shape index (κ3) is 3.84. The van der Waals surface area contributed by atoms with Gasteiger partial charge in [0.25, 0.3) is 0 Å². The van der Waals surface area contributed by atoms with Gasteiger partial charge in [0.2, 0.25) is 0 Å². The summed E-state index contributed by atoms with van der Waals surface area (Å²) < 4.78 is 0. The van der Waals surface area contributed by atoms with Gasteiger partial charge in [-0.3, -0.25) is 0 Å². The van der Waals surface area contributed by atoms with Gasteiger partial charge in [0, 0.05) is 60.6 Å². The zero-order valence-corrected chi connectivity index (χ0v) is 14.6. The number of urea groups is 1. The van der Waals surface area contributed by atoms with Crippen LogP contribution in [-0.2, 0) is 0 Å². The fraction of sp³-hybridized carbons (Fsp3) is 0.562. The van der Waals surface area contributed by atoms with Crippen LogP contribution in [0.4, 0.5) is 16.2 Å². The van der Waals surface area contributed by atoms with Gasteiger partial charge >= 0.3 is 6.03 Å². The van der Waals surface area contributed by atoms with E-state index < -0.39 is 0 Å². The summed E-state index contributed by atoms with van der Waals surface area (Å²) in [7, 11) is 0. The number of amides is 2. The van der Waals surface area contributed by atoms with E-state index in [1.54, 1.807) is 0 Å². The molecule has 0 radical (unpaired) electrons. The Morgan fingerprint density at radius 3 is 2.32 bits per heavy atom. The number of benzene rings is 1. The number of anilines is 2. The SMILES string of the molecule is Cc1cc(N2CCSCC2)ccc1NC(=O)N1CCSCC1. The van der Waals surface area contributed by atoms with Crippen LogP contribution in [0.15, 0.2) is 18.2 Å². The monoisotopic (exact) mass is 337 g/mol. The molecule has 2 saturated heterocycles. The van der Waals surface area contributed by atoms with E-state index in [0.717, 1.165) is 48.9 Å². The van der Waals surface area contributed by atoms with Crippen LogP contribution < -0.4 is 10.2 Å². The summed E-state index contributed by atoms with van der Waals surface area (Å²) in [4.78, 5) is 16.6. The van der Waals surface area contributed by atoms with Crippen molar-refractivity contribution >= 4 is 40.9 Å². The molecular weight excluding hydrogens is 314 g/mol. The van der Waals surface area contributed by atoms with Crippen molar-refractivity contribution in [1.82, 2.24) is 4.90 Å². The topological polar surface area (TPSA) is 35.6 Å². The zero-order chi connectivity index (χ0) is 15.4. The molecule has 0 saturated carbocycles. The Labute approximate surface area is 141 Å². The molecule has 0 spiro atoms. The van der Waals surface area contributed by atoms with Gasteiger partial charge in [-0.05, 0) is 30.7 Å². The Bertz CT molecular complexity index is 526. The van der Waals surface area contributed by atoms with E-state index >= 15 is 0 Å². The fourth-order valence-corrected chi connectivity index (χ4v) is 4.57. The summed E-state index contributed by atoms with van der Waals surface area (Å²) in [5.41, 5.74) is 3.33. The van der Waals surface area contributed by atoms with Crippen LogP contribution in [0.25, 0.3) is 0 Å². The van der Waals surface area contributed by atoms with Crippen molar-refractivity contribution < 1.29 is 4.79 Å². The lowest BCUT2D eigenvalue weighted by Crippen LogP contribution is -2.40. The average Bonchev–Trinajstić information content (AvgIpc) is 2.58. The van der Waals surface area contributed by atoms with Gasteiger partial charge in [-0.25, -0.2) is 4.79 Å². The van der Waals surface area contributed by atoms with Gasteiger partial charge in [-0.2, -0.15) is 23.5 Å². The predicted molar refractivity (Wildman–Crippen MR) is 98.6 cm³/mol. The predicted octanol–water partition coefficient (Wildman–Crippen LogP) is 3.13. The molecule has 2 aliphatic heterocycles. The van der Waals surface area contributed by atoms with E-state index in [-0.39, 0.29) is 6.03 Å². The van der Waals surface area contributed by atoms with E-state index in [1.165, 1.54) is 17.2 Å².